The van der Waals surface area contributed by atoms with Crippen LogP contribution in [0.2, 0.25) is 0 Å². The summed E-state index contributed by atoms with van der Waals surface area (Å²) in [7, 11) is -1.50. The molecule has 8 nitrogen and oxygen atoms in total. The van der Waals surface area contributed by atoms with Gasteiger partial charge in [-0.2, -0.15) is 0 Å². The number of benzene rings is 2. The van der Waals surface area contributed by atoms with Gasteiger partial charge in [0.2, 0.25) is 8.38 Å². The van der Waals surface area contributed by atoms with Crippen LogP contribution >= 0.6 is 51.7 Å². The van der Waals surface area contributed by atoms with Gasteiger partial charge in [-0.05, 0) is 116 Å². The molecule has 0 amide bonds. The fourth-order valence-corrected chi connectivity index (χ4v) is 9.27. The smallest absolute Gasteiger partial charge is 0.289 e. The van der Waals surface area contributed by atoms with Gasteiger partial charge in [-0.1, -0.05) is 48.6 Å². The number of nitrogens with zero attached hydrogens (tertiary/aromatic N) is 2. The van der Waals surface area contributed by atoms with E-state index >= 15 is 0 Å². The van der Waals surface area contributed by atoms with E-state index < -0.39 is 15.0 Å². The van der Waals surface area contributed by atoms with Crippen LogP contribution in [-0.4, -0.2) is 52.5 Å². The van der Waals surface area contributed by atoms with E-state index in [0.29, 0.717) is 28.0 Å². The van der Waals surface area contributed by atoms with Gasteiger partial charge in [0, 0.05) is 24.5 Å². The van der Waals surface area contributed by atoms with E-state index in [9.17, 15) is 0 Å². The Labute approximate surface area is 280 Å². The van der Waals surface area contributed by atoms with Crippen molar-refractivity contribution in [3.05, 3.63) is 60.7 Å². The maximum absolute atomic E-state index is 6.06. The molecule has 2 aromatic carbocycles. The topological polar surface area (TPSA) is 67.5 Å². The Bertz CT molecular complexity index is 1200. The standard InChI is InChI=1S/C29H44N4O4P2S4/c1-21(2)34-38(35-22(3)4)29(42)30-27(40)32(25-15-11-9-12-16-25)19-20-33(26-17-13-10-14-18-26)28(41)31-39(43,36-23(5)6)37-24(7)8/h9-18,21-24H,19-20H2,1-8H3,(H,30,40,42)(H,31,41,43). The van der Waals surface area contributed by atoms with Gasteiger partial charge in [0.15, 0.2) is 15.0 Å². The summed E-state index contributed by atoms with van der Waals surface area (Å²) < 4.78 is 24.5. The number of rotatable bonds is 15. The first kappa shape index (κ1) is 38.0. The summed E-state index contributed by atoms with van der Waals surface area (Å²) in [5.41, 5.74) is 1.78. The van der Waals surface area contributed by atoms with E-state index in [1.54, 1.807) is 0 Å². The van der Waals surface area contributed by atoms with Crippen molar-refractivity contribution >= 4 is 89.8 Å². The fourth-order valence-electron chi connectivity index (χ4n) is 3.63. The van der Waals surface area contributed by atoms with Gasteiger partial charge in [0.05, 0.1) is 24.4 Å². The normalized spacial score (nSPS) is 11.8. The highest BCUT2D eigenvalue weighted by atomic mass is 32.5. The first-order chi connectivity index (χ1) is 20.2. The maximum atomic E-state index is 6.06. The molecular weight excluding hydrogens is 659 g/mol. The number of anilines is 2. The highest BCUT2D eigenvalue weighted by Crippen LogP contribution is 2.47. The largest absolute Gasteiger partial charge is 0.326 e. The molecule has 0 bridgehead atoms. The minimum atomic E-state index is -2.93. The fraction of sp³-hybridized carbons (Fsp3) is 0.483. The molecule has 43 heavy (non-hydrogen) atoms. The molecule has 0 aromatic heterocycles. The van der Waals surface area contributed by atoms with Crippen LogP contribution in [0.5, 0.6) is 0 Å². The number of nitrogens with one attached hydrogen (secondary N) is 2. The third kappa shape index (κ3) is 13.8. The van der Waals surface area contributed by atoms with E-state index in [2.05, 4.69) is 10.4 Å². The molecule has 0 aliphatic carbocycles. The van der Waals surface area contributed by atoms with E-state index in [-0.39, 0.29) is 24.4 Å². The van der Waals surface area contributed by atoms with E-state index in [1.807, 2.05) is 126 Å². The van der Waals surface area contributed by atoms with Crippen LogP contribution < -0.4 is 20.2 Å². The summed E-state index contributed by atoms with van der Waals surface area (Å²) in [5, 5.41) is 7.29. The van der Waals surface area contributed by atoms with Crippen molar-refractivity contribution in [2.45, 2.75) is 79.8 Å². The quantitative estimate of drug-likeness (QED) is 0.139. The molecule has 238 valence electrons. The maximum Gasteiger partial charge on any atom is 0.289 e. The molecule has 0 heterocycles. The van der Waals surface area contributed by atoms with Gasteiger partial charge in [-0.25, -0.2) is 0 Å². The number of thiocarbonyl (C=S) groups is 3. The molecule has 0 aliphatic rings. The SMILES string of the molecule is CC(C)OP(OC(C)C)C(=S)NC(=S)N(CCN(C(=S)NP(=S)(OC(C)C)OC(C)C)c1ccccc1)c1ccccc1. The van der Waals surface area contributed by atoms with Gasteiger partial charge in [-0.3, -0.25) is 5.09 Å². The summed E-state index contributed by atoms with van der Waals surface area (Å²) >= 11 is 23.4. The summed E-state index contributed by atoms with van der Waals surface area (Å²) in [5.74, 6) is 0. The lowest BCUT2D eigenvalue weighted by Crippen LogP contribution is -2.48. The Morgan fingerprint density at radius 1 is 0.674 bits per heavy atom. The van der Waals surface area contributed by atoms with Crippen LogP contribution in [0.4, 0.5) is 11.4 Å². The van der Waals surface area contributed by atoms with E-state index in [1.165, 1.54) is 0 Å². The van der Waals surface area contributed by atoms with Gasteiger partial charge in [-0.15, -0.1) is 0 Å². The molecule has 14 heteroatoms. The first-order valence-electron chi connectivity index (χ1n) is 14.1. The second-order valence-electron chi connectivity index (χ2n) is 10.5. The van der Waals surface area contributed by atoms with Crippen molar-refractivity contribution in [3.63, 3.8) is 0 Å². The molecule has 0 atom stereocenters. The van der Waals surface area contributed by atoms with Gasteiger partial charge in [0.1, 0.15) is 0 Å². The van der Waals surface area contributed by atoms with Crippen molar-refractivity contribution < 1.29 is 18.1 Å². The molecule has 2 rings (SSSR count). The molecule has 2 aromatic rings. The van der Waals surface area contributed by atoms with Crippen LogP contribution in [0.1, 0.15) is 55.4 Å². The zero-order valence-electron chi connectivity index (χ0n) is 26.1. The molecule has 0 spiro atoms. The Morgan fingerprint density at radius 2 is 1.07 bits per heavy atom. The van der Waals surface area contributed by atoms with Crippen molar-refractivity contribution in [2.75, 3.05) is 22.9 Å². The Morgan fingerprint density at radius 3 is 1.44 bits per heavy atom. The molecule has 0 aliphatic heterocycles. The average molecular weight is 703 g/mol. The summed E-state index contributed by atoms with van der Waals surface area (Å²) in [4.78, 5) is 3.95. The minimum Gasteiger partial charge on any atom is -0.326 e. The lowest BCUT2D eigenvalue weighted by Gasteiger charge is -2.34. The van der Waals surface area contributed by atoms with Crippen LogP contribution in [0.3, 0.4) is 0 Å². The van der Waals surface area contributed by atoms with E-state index in [0.717, 1.165) is 11.4 Å². The predicted molar refractivity (Wildman–Crippen MR) is 198 cm³/mol. The van der Waals surface area contributed by atoms with Crippen LogP contribution in [-0.2, 0) is 29.9 Å². The van der Waals surface area contributed by atoms with Gasteiger partial charge in [0.25, 0.3) is 6.64 Å². The Hall–Kier alpha value is -1.17. The minimum absolute atomic E-state index is 0.0601. The Kier molecular flexibility index (Phi) is 16.5. The van der Waals surface area contributed by atoms with Crippen molar-refractivity contribution in [1.29, 1.82) is 0 Å². The Balaban J connectivity index is 2.35. The van der Waals surface area contributed by atoms with Crippen molar-refractivity contribution in [1.82, 2.24) is 10.4 Å². The number of hydrogen-bond acceptors (Lipinski definition) is 8. The van der Waals surface area contributed by atoms with E-state index in [4.69, 9.17) is 66.6 Å². The zero-order chi connectivity index (χ0) is 32.2. The number of hydrogen-bond donors (Lipinski definition) is 2. The molecule has 0 saturated carbocycles. The van der Waals surface area contributed by atoms with Gasteiger partial charge >= 0.3 is 0 Å². The van der Waals surface area contributed by atoms with Crippen molar-refractivity contribution in [3.8, 4) is 0 Å². The highest BCUT2D eigenvalue weighted by Gasteiger charge is 2.28. The van der Waals surface area contributed by atoms with Gasteiger partial charge < -0.3 is 33.2 Å². The third-order valence-corrected chi connectivity index (χ3v) is 10.8. The number of para-hydroxylation sites is 2. The second kappa shape index (κ2) is 18.7. The molecule has 2 N–H and O–H groups in total. The summed E-state index contributed by atoms with van der Waals surface area (Å²) in [6, 6.07) is 19.7. The monoisotopic (exact) mass is 702 g/mol. The molecule has 0 fully saturated rings. The first-order valence-corrected chi connectivity index (χ1v) is 19.2. The second-order valence-corrected chi connectivity index (χ2v) is 16.4. The highest BCUT2D eigenvalue weighted by molar-refractivity contribution is 8.09. The summed E-state index contributed by atoms with van der Waals surface area (Å²) in [6.45, 7) is 13.5. The molecule has 0 radical (unpaired) electrons. The average Bonchev–Trinajstić information content (AvgIpc) is 2.89. The third-order valence-electron chi connectivity index (χ3n) is 5.10. The zero-order valence-corrected chi connectivity index (χ0v) is 31.1. The molecular formula is C29H44N4O4P2S4. The lowest BCUT2D eigenvalue weighted by atomic mass is 10.2. The van der Waals surface area contributed by atoms with Crippen LogP contribution in [0, 0.1) is 0 Å². The predicted octanol–water partition coefficient (Wildman–Crippen LogP) is 8.27. The van der Waals surface area contributed by atoms with Crippen LogP contribution in [0.15, 0.2) is 60.7 Å². The molecule has 0 unspecified atom stereocenters. The molecule has 0 saturated heterocycles. The lowest BCUT2D eigenvalue weighted by molar-refractivity contribution is 0.172. The van der Waals surface area contributed by atoms with Crippen molar-refractivity contribution in [2.24, 2.45) is 0 Å². The van der Waals surface area contributed by atoms with Crippen LogP contribution in [0.25, 0.3) is 0 Å². The summed E-state index contributed by atoms with van der Waals surface area (Å²) in [6.07, 6.45) is -0.406.